The van der Waals surface area contributed by atoms with Crippen molar-refractivity contribution in [1.82, 2.24) is 5.32 Å². The van der Waals surface area contributed by atoms with E-state index in [1.165, 1.54) is 6.42 Å². The van der Waals surface area contributed by atoms with E-state index in [-0.39, 0.29) is 5.92 Å². The summed E-state index contributed by atoms with van der Waals surface area (Å²) in [6, 6.07) is 0. The normalized spacial score (nSPS) is 32.4. The molecule has 0 spiro atoms. The van der Waals surface area contributed by atoms with Crippen molar-refractivity contribution < 1.29 is 4.79 Å². The molecule has 3 atom stereocenters. The van der Waals surface area contributed by atoms with Crippen molar-refractivity contribution in [2.45, 2.75) is 47.0 Å². The summed E-state index contributed by atoms with van der Waals surface area (Å²) in [5.74, 6) is 2.45. The van der Waals surface area contributed by atoms with Crippen LogP contribution in [0.4, 0.5) is 0 Å². The molecule has 1 rings (SSSR count). The van der Waals surface area contributed by atoms with E-state index in [4.69, 9.17) is 0 Å². The molecule has 0 aromatic rings. The number of ketones is 1. The van der Waals surface area contributed by atoms with Crippen LogP contribution in [0, 0.1) is 23.7 Å². The molecular formula is C14H27NO. The molecule has 2 heteroatoms. The van der Waals surface area contributed by atoms with Crippen molar-refractivity contribution in [3.8, 4) is 0 Å². The van der Waals surface area contributed by atoms with Crippen LogP contribution in [0.5, 0.6) is 0 Å². The molecule has 1 fully saturated rings. The lowest BCUT2D eigenvalue weighted by Gasteiger charge is -2.32. The summed E-state index contributed by atoms with van der Waals surface area (Å²) in [4.78, 5) is 12.3. The highest BCUT2D eigenvalue weighted by molar-refractivity contribution is 5.83. The number of carbonyl (C=O) groups excluding carboxylic acids is 1. The average Bonchev–Trinajstić information content (AvgIpc) is 2.23. The molecule has 16 heavy (non-hydrogen) atoms. The molecule has 3 unspecified atom stereocenters. The Hall–Kier alpha value is -0.370. The van der Waals surface area contributed by atoms with Crippen LogP contribution >= 0.6 is 0 Å². The van der Waals surface area contributed by atoms with E-state index in [9.17, 15) is 4.79 Å². The molecule has 1 N–H and O–H groups in total. The second-order valence-electron chi connectivity index (χ2n) is 5.73. The molecule has 2 nitrogen and oxygen atoms in total. The van der Waals surface area contributed by atoms with Gasteiger partial charge in [-0.1, -0.05) is 27.7 Å². The van der Waals surface area contributed by atoms with Gasteiger partial charge in [0.25, 0.3) is 0 Å². The molecule has 1 saturated carbocycles. The Bertz CT molecular complexity index is 217. The predicted molar refractivity (Wildman–Crippen MR) is 68.4 cm³/mol. The number of carbonyl (C=O) groups is 1. The second kappa shape index (κ2) is 6.39. The molecule has 0 saturated heterocycles. The van der Waals surface area contributed by atoms with Gasteiger partial charge in [0.2, 0.25) is 0 Å². The van der Waals surface area contributed by atoms with Gasteiger partial charge in [-0.15, -0.1) is 0 Å². The molecule has 0 bridgehead atoms. The lowest BCUT2D eigenvalue weighted by Crippen LogP contribution is -2.34. The van der Waals surface area contributed by atoms with E-state index >= 15 is 0 Å². The van der Waals surface area contributed by atoms with Crippen LogP contribution in [-0.2, 0) is 4.79 Å². The van der Waals surface area contributed by atoms with E-state index in [1.54, 1.807) is 0 Å². The Balaban J connectivity index is 2.45. The predicted octanol–water partition coefficient (Wildman–Crippen LogP) is 2.87. The highest BCUT2D eigenvalue weighted by Crippen LogP contribution is 2.34. The van der Waals surface area contributed by atoms with Crippen LogP contribution in [0.1, 0.15) is 47.0 Å². The fourth-order valence-corrected chi connectivity index (χ4v) is 3.04. The van der Waals surface area contributed by atoms with Crippen molar-refractivity contribution in [3.63, 3.8) is 0 Å². The molecule has 0 radical (unpaired) electrons. The summed E-state index contributed by atoms with van der Waals surface area (Å²) in [5, 5.41) is 3.27. The van der Waals surface area contributed by atoms with Gasteiger partial charge >= 0.3 is 0 Å². The first kappa shape index (κ1) is 13.7. The maximum absolute atomic E-state index is 12.3. The Morgan fingerprint density at radius 1 is 1.25 bits per heavy atom. The summed E-state index contributed by atoms with van der Waals surface area (Å²) >= 11 is 0. The summed E-state index contributed by atoms with van der Waals surface area (Å²) in [6.45, 7) is 10.5. The van der Waals surface area contributed by atoms with Gasteiger partial charge in [-0.2, -0.15) is 0 Å². The van der Waals surface area contributed by atoms with Gasteiger partial charge in [0.15, 0.2) is 0 Å². The summed E-state index contributed by atoms with van der Waals surface area (Å²) in [5.41, 5.74) is 0. The van der Waals surface area contributed by atoms with E-state index in [0.29, 0.717) is 11.7 Å². The zero-order valence-electron chi connectivity index (χ0n) is 11.3. The number of hydrogen-bond acceptors (Lipinski definition) is 2. The van der Waals surface area contributed by atoms with E-state index in [1.807, 2.05) is 0 Å². The van der Waals surface area contributed by atoms with Gasteiger partial charge in [0.05, 0.1) is 0 Å². The third-order valence-electron chi connectivity index (χ3n) is 3.77. The lowest BCUT2D eigenvalue weighted by atomic mass is 9.73. The third kappa shape index (κ3) is 3.89. The van der Waals surface area contributed by atoms with E-state index in [2.05, 4.69) is 33.0 Å². The standard InChI is InChI=1S/C14H27NO/c1-5-15-9-12(4)14(16)13-7-10(2)6-11(3)8-13/h10-13,15H,5-9H2,1-4H3. The molecule has 0 heterocycles. The lowest BCUT2D eigenvalue weighted by molar-refractivity contribution is -0.128. The van der Waals surface area contributed by atoms with Gasteiger partial charge in [-0.3, -0.25) is 4.79 Å². The van der Waals surface area contributed by atoms with Gasteiger partial charge in [0.1, 0.15) is 5.78 Å². The quantitative estimate of drug-likeness (QED) is 0.779. The minimum Gasteiger partial charge on any atom is -0.316 e. The molecule has 0 aromatic carbocycles. The van der Waals surface area contributed by atoms with Crippen LogP contribution in [0.15, 0.2) is 0 Å². The summed E-state index contributed by atoms with van der Waals surface area (Å²) in [6.07, 6.45) is 3.52. The SMILES string of the molecule is CCNCC(C)C(=O)C1CC(C)CC(C)C1. The first-order chi connectivity index (χ1) is 7.54. The Labute approximate surface area is 100 Å². The minimum atomic E-state index is 0.183. The number of Topliss-reactive ketones (excluding diaryl/α,β-unsaturated/α-hetero) is 1. The maximum atomic E-state index is 12.3. The molecule has 1 aliphatic carbocycles. The van der Waals surface area contributed by atoms with Gasteiger partial charge in [-0.05, 0) is 37.6 Å². The van der Waals surface area contributed by atoms with Gasteiger partial charge in [-0.25, -0.2) is 0 Å². The van der Waals surface area contributed by atoms with Crippen LogP contribution in [0.2, 0.25) is 0 Å². The first-order valence-corrected chi connectivity index (χ1v) is 6.79. The maximum Gasteiger partial charge on any atom is 0.140 e. The fourth-order valence-electron chi connectivity index (χ4n) is 3.04. The van der Waals surface area contributed by atoms with Crippen LogP contribution in [-0.4, -0.2) is 18.9 Å². The van der Waals surface area contributed by atoms with Crippen LogP contribution in [0.3, 0.4) is 0 Å². The van der Waals surface area contributed by atoms with Crippen molar-refractivity contribution in [1.29, 1.82) is 0 Å². The van der Waals surface area contributed by atoms with Crippen LogP contribution in [0.25, 0.3) is 0 Å². The Morgan fingerprint density at radius 2 is 1.81 bits per heavy atom. The highest BCUT2D eigenvalue weighted by atomic mass is 16.1. The van der Waals surface area contributed by atoms with E-state index in [0.717, 1.165) is 37.8 Å². The zero-order chi connectivity index (χ0) is 12.1. The van der Waals surface area contributed by atoms with Crippen molar-refractivity contribution in [3.05, 3.63) is 0 Å². The molecule has 94 valence electrons. The topological polar surface area (TPSA) is 29.1 Å². The number of nitrogens with one attached hydrogen (secondary N) is 1. The smallest absolute Gasteiger partial charge is 0.140 e. The highest BCUT2D eigenvalue weighted by Gasteiger charge is 2.30. The molecule has 0 aromatic heterocycles. The van der Waals surface area contributed by atoms with Crippen molar-refractivity contribution in [2.75, 3.05) is 13.1 Å². The average molecular weight is 225 g/mol. The molecule has 0 aliphatic heterocycles. The zero-order valence-corrected chi connectivity index (χ0v) is 11.3. The number of hydrogen-bond donors (Lipinski definition) is 1. The number of rotatable bonds is 5. The molecule has 1 aliphatic rings. The van der Waals surface area contributed by atoms with Crippen molar-refractivity contribution >= 4 is 5.78 Å². The second-order valence-corrected chi connectivity index (χ2v) is 5.73. The minimum absolute atomic E-state index is 0.183. The van der Waals surface area contributed by atoms with Gasteiger partial charge in [0, 0.05) is 18.4 Å². The Morgan fingerprint density at radius 3 is 2.31 bits per heavy atom. The van der Waals surface area contributed by atoms with Crippen molar-refractivity contribution in [2.24, 2.45) is 23.7 Å². The third-order valence-corrected chi connectivity index (χ3v) is 3.77. The van der Waals surface area contributed by atoms with Crippen LogP contribution < -0.4 is 5.32 Å². The Kier molecular flexibility index (Phi) is 5.47. The first-order valence-electron chi connectivity index (χ1n) is 6.79. The molecule has 0 amide bonds. The largest absolute Gasteiger partial charge is 0.316 e. The fraction of sp³-hybridized carbons (Fsp3) is 0.929. The molecular weight excluding hydrogens is 198 g/mol. The summed E-state index contributed by atoms with van der Waals surface area (Å²) in [7, 11) is 0. The summed E-state index contributed by atoms with van der Waals surface area (Å²) < 4.78 is 0. The van der Waals surface area contributed by atoms with E-state index < -0.39 is 0 Å². The van der Waals surface area contributed by atoms with Gasteiger partial charge < -0.3 is 5.32 Å². The monoisotopic (exact) mass is 225 g/mol.